The maximum atomic E-state index is 11.6. The van der Waals surface area contributed by atoms with Crippen LogP contribution in [-0.4, -0.2) is 29.3 Å². The number of ether oxygens (including phenoxy) is 1. The van der Waals surface area contributed by atoms with Crippen LogP contribution in [0.3, 0.4) is 0 Å². The number of nitriles is 1. The third-order valence-electron chi connectivity index (χ3n) is 3.27. The van der Waals surface area contributed by atoms with Gasteiger partial charge in [-0.05, 0) is 24.6 Å². The quantitative estimate of drug-likeness (QED) is 0.658. The van der Waals surface area contributed by atoms with Crippen LogP contribution in [0.1, 0.15) is 24.1 Å². The Labute approximate surface area is 125 Å². The van der Waals surface area contributed by atoms with Gasteiger partial charge in [-0.3, -0.25) is 0 Å². The van der Waals surface area contributed by atoms with Crippen LogP contribution >= 0.6 is 0 Å². The van der Waals surface area contributed by atoms with Gasteiger partial charge in [0.2, 0.25) is 0 Å². The summed E-state index contributed by atoms with van der Waals surface area (Å²) >= 11 is 0. The van der Waals surface area contributed by atoms with Crippen LogP contribution in [0.2, 0.25) is 0 Å². The van der Waals surface area contributed by atoms with E-state index >= 15 is 0 Å². The van der Waals surface area contributed by atoms with Crippen LogP contribution in [0.15, 0.2) is 23.4 Å². The number of carbonyl (C=O) groups is 2. The van der Waals surface area contributed by atoms with Crippen molar-refractivity contribution >= 4 is 12.0 Å². The van der Waals surface area contributed by atoms with E-state index in [-0.39, 0.29) is 28.3 Å². The fourth-order valence-electron chi connectivity index (χ4n) is 2.26. The molecule has 0 aliphatic carbocycles. The summed E-state index contributed by atoms with van der Waals surface area (Å²) in [5.41, 5.74) is 0.380. The van der Waals surface area contributed by atoms with Gasteiger partial charge in [-0.25, -0.2) is 9.59 Å². The van der Waals surface area contributed by atoms with Gasteiger partial charge in [0, 0.05) is 5.70 Å². The van der Waals surface area contributed by atoms with E-state index in [1.54, 1.807) is 6.07 Å². The molecular weight excluding hydrogens is 290 g/mol. The maximum Gasteiger partial charge on any atom is 0.335 e. The number of rotatable bonds is 3. The average Bonchev–Trinajstić information content (AvgIpc) is 2.46. The summed E-state index contributed by atoms with van der Waals surface area (Å²) in [4.78, 5) is 23.0. The highest BCUT2D eigenvalue weighted by molar-refractivity contribution is 5.93. The monoisotopic (exact) mass is 303 g/mol. The number of nitrogens with zero attached hydrogens (tertiary/aromatic N) is 1. The Kier molecular flexibility index (Phi) is 3.90. The lowest BCUT2D eigenvalue weighted by atomic mass is 9.94. The average molecular weight is 303 g/mol. The number of urea groups is 1. The molecule has 22 heavy (non-hydrogen) atoms. The lowest BCUT2D eigenvalue weighted by Gasteiger charge is -2.27. The molecule has 0 saturated carbocycles. The number of aliphatic carboxylic acids is 1. The fourth-order valence-corrected chi connectivity index (χ4v) is 2.26. The van der Waals surface area contributed by atoms with Gasteiger partial charge >= 0.3 is 12.0 Å². The molecule has 1 unspecified atom stereocenters. The summed E-state index contributed by atoms with van der Waals surface area (Å²) in [6, 6.07) is 2.96. The van der Waals surface area contributed by atoms with E-state index in [9.17, 15) is 19.8 Å². The Morgan fingerprint density at radius 3 is 2.68 bits per heavy atom. The van der Waals surface area contributed by atoms with Crippen molar-refractivity contribution < 1.29 is 24.5 Å². The Bertz CT molecular complexity index is 733. The van der Waals surface area contributed by atoms with E-state index in [0.29, 0.717) is 5.56 Å². The summed E-state index contributed by atoms with van der Waals surface area (Å²) in [6.45, 7) is 1.47. The van der Waals surface area contributed by atoms with Crippen molar-refractivity contribution in [1.82, 2.24) is 10.6 Å². The van der Waals surface area contributed by atoms with Crippen molar-refractivity contribution in [2.75, 3.05) is 7.11 Å². The number of nitrogens with one attached hydrogen (secondary N) is 2. The zero-order valence-electron chi connectivity index (χ0n) is 11.8. The van der Waals surface area contributed by atoms with Gasteiger partial charge in [-0.15, -0.1) is 0 Å². The zero-order chi connectivity index (χ0) is 16.4. The first kappa shape index (κ1) is 15.2. The minimum Gasteiger partial charge on any atom is -0.503 e. The van der Waals surface area contributed by atoms with Gasteiger partial charge in [0.05, 0.1) is 24.3 Å². The van der Waals surface area contributed by atoms with Gasteiger partial charge in [-0.1, -0.05) is 0 Å². The number of phenolic OH excluding ortho intramolecular Hbond substituents is 1. The number of carbonyl (C=O) groups excluding carboxylic acids is 1. The molecular formula is C14H13N3O5. The molecule has 0 fully saturated rings. The predicted molar refractivity (Wildman–Crippen MR) is 74.1 cm³/mol. The van der Waals surface area contributed by atoms with Crippen LogP contribution in [0.4, 0.5) is 4.79 Å². The highest BCUT2D eigenvalue weighted by atomic mass is 16.5. The molecule has 1 heterocycles. The fraction of sp³-hybridized carbons (Fsp3) is 0.214. The zero-order valence-corrected chi connectivity index (χ0v) is 11.8. The number of allylic oxidation sites excluding steroid dienone is 1. The number of carboxylic acids is 1. The molecule has 0 radical (unpaired) electrons. The molecule has 0 spiro atoms. The van der Waals surface area contributed by atoms with Crippen LogP contribution in [0, 0.1) is 11.3 Å². The summed E-state index contributed by atoms with van der Waals surface area (Å²) in [6.07, 6.45) is 0. The maximum absolute atomic E-state index is 11.6. The minimum absolute atomic E-state index is 0.0178. The molecule has 0 aromatic heterocycles. The minimum atomic E-state index is -1.21. The first-order chi connectivity index (χ1) is 10.4. The Balaban J connectivity index is 2.64. The van der Waals surface area contributed by atoms with Crippen molar-refractivity contribution in [3.63, 3.8) is 0 Å². The second-order valence-electron chi connectivity index (χ2n) is 4.61. The number of hydrogen-bond acceptors (Lipinski definition) is 5. The number of carboxylic acid groups (broad SMARTS) is 1. The van der Waals surface area contributed by atoms with E-state index in [1.165, 1.54) is 26.2 Å². The Morgan fingerprint density at radius 1 is 1.45 bits per heavy atom. The summed E-state index contributed by atoms with van der Waals surface area (Å²) in [7, 11) is 1.31. The van der Waals surface area contributed by atoms with Gasteiger partial charge < -0.3 is 25.6 Å². The van der Waals surface area contributed by atoms with Crippen molar-refractivity contribution in [1.29, 1.82) is 5.26 Å². The van der Waals surface area contributed by atoms with Crippen molar-refractivity contribution in [3.05, 3.63) is 34.5 Å². The molecule has 8 nitrogen and oxygen atoms in total. The number of benzene rings is 1. The highest BCUT2D eigenvalue weighted by Gasteiger charge is 2.32. The molecule has 2 rings (SSSR count). The van der Waals surface area contributed by atoms with Crippen molar-refractivity contribution in [3.8, 4) is 17.6 Å². The first-order valence-corrected chi connectivity index (χ1v) is 6.21. The Morgan fingerprint density at radius 2 is 2.14 bits per heavy atom. The van der Waals surface area contributed by atoms with Crippen LogP contribution < -0.4 is 15.4 Å². The van der Waals surface area contributed by atoms with E-state index < -0.39 is 18.0 Å². The summed E-state index contributed by atoms with van der Waals surface area (Å²) < 4.78 is 4.98. The molecule has 2 amide bonds. The molecule has 1 aliphatic rings. The normalized spacial score (nSPS) is 17.3. The largest absolute Gasteiger partial charge is 0.503 e. The molecule has 0 saturated heterocycles. The van der Waals surface area contributed by atoms with Crippen molar-refractivity contribution in [2.24, 2.45) is 0 Å². The van der Waals surface area contributed by atoms with Gasteiger partial charge in [0.15, 0.2) is 11.5 Å². The molecule has 4 N–H and O–H groups in total. The number of phenols is 1. The number of amides is 2. The topological polar surface area (TPSA) is 132 Å². The van der Waals surface area contributed by atoms with E-state index in [1.807, 2.05) is 0 Å². The first-order valence-electron chi connectivity index (χ1n) is 6.21. The van der Waals surface area contributed by atoms with Crippen LogP contribution in [0.5, 0.6) is 11.5 Å². The van der Waals surface area contributed by atoms with E-state index in [4.69, 9.17) is 10.00 Å². The van der Waals surface area contributed by atoms with E-state index in [2.05, 4.69) is 10.6 Å². The second kappa shape index (κ2) is 5.65. The smallest absolute Gasteiger partial charge is 0.335 e. The second-order valence-corrected chi connectivity index (χ2v) is 4.61. The number of methoxy groups -OCH3 is 1. The molecule has 114 valence electrons. The molecule has 1 aliphatic heterocycles. The lowest BCUT2D eigenvalue weighted by molar-refractivity contribution is -0.133. The summed E-state index contributed by atoms with van der Waals surface area (Å²) in [5, 5.41) is 33.1. The molecule has 1 atom stereocenters. The number of aromatic hydroxyl groups is 1. The SMILES string of the molecule is COc1cc(C2NC(=O)NC(C)=C2C(=O)O)cc(C#N)c1O. The standard InChI is InChI=1S/C14H13N3O5/c1-6-10(13(19)20)11(17-14(21)16-6)7-3-8(5-15)12(18)9(4-7)22-2/h3-4,11,18H,1-2H3,(H,19,20)(H2,16,17,21). The molecule has 8 heteroatoms. The highest BCUT2D eigenvalue weighted by Crippen LogP contribution is 2.36. The van der Waals surface area contributed by atoms with Gasteiger partial charge in [0.25, 0.3) is 0 Å². The van der Waals surface area contributed by atoms with Gasteiger partial charge in [0.1, 0.15) is 6.07 Å². The summed E-state index contributed by atoms with van der Waals surface area (Å²) in [5.74, 6) is -1.53. The molecule has 1 aromatic carbocycles. The number of hydrogen-bond donors (Lipinski definition) is 4. The lowest BCUT2D eigenvalue weighted by Crippen LogP contribution is -2.45. The predicted octanol–water partition coefficient (Wildman–Crippen LogP) is 0.985. The third-order valence-corrected chi connectivity index (χ3v) is 3.27. The third kappa shape index (κ3) is 2.52. The van der Waals surface area contributed by atoms with Crippen molar-refractivity contribution in [2.45, 2.75) is 13.0 Å². The Hall–Kier alpha value is -3.21. The van der Waals surface area contributed by atoms with E-state index in [0.717, 1.165) is 0 Å². The molecule has 1 aromatic rings. The van der Waals surface area contributed by atoms with Gasteiger partial charge in [-0.2, -0.15) is 5.26 Å². The van der Waals surface area contributed by atoms with Crippen LogP contribution in [0.25, 0.3) is 0 Å². The van der Waals surface area contributed by atoms with Crippen LogP contribution in [-0.2, 0) is 4.79 Å². The molecule has 0 bridgehead atoms.